The van der Waals surface area contributed by atoms with E-state index in [1.54, 1.807) is 24.3 Å². The largest absolute Gasteiger partial charge is 0.386 e. The van der Waals surface area contributed by atoms with Gasteiger partial charge < -0.3 is 5.11 Å². The first-order chi connectivity index (χ1) is 12.6. The van der Waals surface area contributed by atoms with Crippen LogP contribution >= 0.6 is 11.3 Å². The molecule has 0 saturated carbocycles. The van der Waals surface area contributed by atoms with Crippen molar-refractivity contribution in [3.63, 3.8) is 0 Å². The summed E-state index contributed by atoms with van der Waals surface area (Å²) in [6.07, 6.45) is -1.17. The summed E-state index contributed by atoms with van der Waals surface area (Å²) in [6, 6.07) is 17.1. The van der Waals surface area contributed by atoms with Crippen molar-refractivity contribution >= 4 is 22.1 Å². The first-order valence-electron chi connectivity index (χ1n) is 8.11. The first kappa shape index (κ1) is 16.6. The van der Waals surface area contributed by atoms with Gasteiger partial charge in [-0.25, -0.2) is 9.07 Å². The molecular formula is C20H15FN2O2S. The third kappa shape index (κ3) is 2.94. The minimum Gasteiger partial charge on any atom is -0.386 e. The standard InChI is InChI=1S/C20H15FN2O2S/c21-16-9-4-3-8-15(16)17(24)12-23-20(25)14-7-2-1-6-13(14)19(22-23)18-10-5-11-26-18/h1-11,17,24H,12H2/t17-/m1/s1. The molecule has 0 fully saturated rings. The van der Waals surface area contributed by atoms with Gasteiger partial charge in [-0.15, -0.1) is 11.3 Å². The monoisotopic (exact) mass is 366 g/mol. The fourth-order valence-electron chi connectivity index (χ4n) is 2.96. The van der Waals surface area contributed by atoms with E-state index in [4.69, 9.17) is 0 Å². The summed E-state index contributed by atoms with van der Waals surface area (Å²) >= 11 is 1.52. The second-order valence-electron chi connectivity index (χ2n) is 5.90. The third-order valence-electron chi connectivity index (χ3n) is 4.23. The Morgan fingerprint density at radius 1 is 1.04 bits per heavy atom. The molecule has 0 aliphatic carbocycles. The van der Waals surface area contributed by atoms with Crippen LogP contribution in [0.1, 0.15) is 11.7 Å². The average molecular weight is 366 g/mol. The quantitative estimate of drug-likeness (QED) is 0.594. The Hall–Kier alpha value is -2.83. The number of nitrogens with zero attached hydrogens (tertiary/aromatic N) is 2. The Bertz CT molecular complexity index is 1120. The number of aliphatic hydroxyl groups is 1. The van der Waals surface area contributed by atoms with Crippen molar-refractivity contribution < 1.29 is 9.50 Å². The summed E-state index contributed by atoms with van der Waals surface area (Å²) in [6.45, 7) is -0.122. The Kier molecular flexibility index (Phi) is 4.36. The topological polar surface area (TPSA) is 55.1 Å². The number of aliphatic hydroxyl groups excluding tert-OH is 1. The molecule has 2 aromatic carbocycles. The minimum absolute atomic E-state index is 0.122. The molecule has 4 nitrogen and oxygen atoms in total. The molecule has 130 valence electrons. The zero-order valence-corrected chi connectivity index (χ0v) is 14.5. The number of aromatic nitrogens is 2. The number of rotatable bonds is 4. The van der Waals surface area contributed by atoms with Gasteiger partial charge >= 0.3 is 0 Å². The second-order valence-corrected chi connectivity index (χ2v) is 6.84. The number of halogens is 1. The molecule has 4 aromatic rings. The summed E-state index contributed by atoms with van der Waals surface area (Å²) < 4.78 is 15.1. The molecule has 0 spiro atoms. The van der Waals surface area contributed by atoms with Crippen molar-refractivity contribution in [3.8, 4) is 10.6 Å². The number of benzene rings is 2. The van der Waals surface area contributed by atoms with E-state index >= 15 is 0 Å². The number of hydrogen-bond donors (Lipinski definition) is 1. The normalized spacial score (nSPS) is 12.4. The van der Waals surface area contributed by atoms with Crippen LogP contribution in [0.15, 0.2) is 70.8 Å². The summed E-state index contributed by atoms with van der Waals surface area (Å²) in [5.74, 6) is -0.507. The van der Waals surface area contributed by atoms with E-state index in [1.165, 1.54) is 28.2 Å². The Morgan fingerprint density at radius 2 is 1.77 bits per heavy atom. The zero-order chi connectivity index (χ0) is 18.1. The third-order valence-corrected chi connectivity index (χ3v) is 5.11. The van der Waals surface area contributed by atoms with Crippen LogP contribution in [0.5, 0.6) is 0 Å². The summed E-state index contributed by atoms with van der Waals surface area (Å²) in [4.78, 5) is 13.7. The van der Waals surface area contributed by atoms with E-state index in [9.17, 15) is 14.3 Å². The number of fused-ring (bicyclic) bond motifs is 1. The Morgan fingerprint density at radius 3 is 2.50 bits per heavy atom. The Labute approximate surface area is 152 Å². The van der Waals surface area contributed by atoms with E-state index in [2.05, 4.69) is 5.10 Å². The van der Waals surface area contributed by atoms with Gasteiger partial charge in [0, 0.05) is 10.9 Å². The van der Waals surface area contributed by atoms with E-state index in [-0.39, 0.29) is 17.7 Å². The maximum absolute atomic E-state index is 13.9. The molecule has 2 aromatic heterocycles. The van der Waals surface area contributed by atoms with Gasteiger partial charge in [0.1, 0.15) is 17.6 Å². The fraction of sp³-hybridized carbons (Fsp3) is 0.100. The van der Waals surface area contributed by atoms with Gasteiger partial charge in [-0.05, 0) is 23.6 Å². The van der Waals surface area contributed by atoms with Crippen molar-refractivity contribution in [1.82, 2.24) is 9.78 Å². The van der Waals surface area contributed by atoms with Crippen LogP contribution in [0.4, 0.5) is 4.39 Å². The molecule has 1 atom stereocenters. The lowest BCUT2D eigenvalue weighted by Crippen LogP contribution is -2.27. The van der Waals surface area contributed by atoms with Crippen LogP contribution in [-0.2, 0) is 6.54 Å². The maximum Gasteiger partial charge on any atom is 0.274 e. The lowest BCUT2D eigenvalue weighted by molar-refractivity contribution is 0.145. The molecule has 0 aliphatic heterocycles. The Balaban J connectivity index is 1.84. The SMILES string of the molecule is O=c1c2ccccc2c(-c2cccs2)nn1C[C@@H](O)c1ccccc1F. The highest BCUT2D eigenvalue weighted by Crippen LogP contribution is 2.28. The van der Waals surface area contributed by atoms with Crippen LogP contribution in [0.25, 0.3) is 21.3 Å². The molecule has 4 rings (SSSR count). The highest BCUT2D eigenvalue weighted by Gasteiger charge is 2.17. The molecule has 0 saturated heterocycles. The van der Waals surface area contributed by atoms with Crippen LogP contribution in [0.3, 0.4) is 0 Å². The van der Waals surface area contributed by atoms with E-state index in [1.807, 2.05) is 29.6 Å². The fourth-order valence-corrected chi connectivity index (χ4v) is 3.68. The number of thiophene rings is 1. The molecule has 0 unspecified atom stereocenters. The van der Waals surface area contributed by atoms with Gasteiger partial charge in [-0.2, -0.15) is 5.10 Å². The van der Waals surface area contributed by atoms with E-state index in [0.29, 0.717) is 11.1 Å². The van der Waals surface area contributed by atoms with Crippen molar-refractivity contribution in [2.45, 2.75) is 12.6 Å². The predicted molar refractivity (Wildman–Crippen MR) is 101 cm³/mol. The van der Waals surface area contributed by atoms with E-state index in [0.717, 1.165) is 10.3 Å². The van der Waals surface area contributed by atoms with Crippen molar-refractivity contribution in [2.24, 2.45) is 0 Å². The molecule has 0 radical (unpaired) electrons. The zero-order valence-electron chi connectivity index (χ0n) is 13.7. The maximum atomic E-state index is 13.9. The lowest BCUT2D eigenvalue weighted by atomic mass is 10.1. The summed E-state index contributed by atoms with van der Waals surface area (Å²) in [5.41, 5.74) is 0.513. The van der Waals surface area contributed by atoms with Gasteiger partial charge in [0.05, 0.1) is 16.8 Å². The molecule has 1 N–H and O–H groups in total. The van der Waals surface area contributed by atoms with Gasteiger partial charge in [0.15, 0.2) is 0 Å². The first-order valence-corrected chi connectivity index (χ1v) is 8.99. The van der Waals surface area contributed by atoms with Crippen LogP contribution < -0.4 is 5.56 Å². The van der Waals surface area contributed by atoms with Gasteiger partial charge in [-0.3, -0.25) is 4.79 Å². The molecule has 0 aliphatic rings. The molecular weight excluding hydrogens is 351 g/mol. The minimum atomic E-state index is -1.17. The second kappa shape index (κ2) is 6.82. The van der Waals surface area contributed by atoms with Crippen molar-refractivity contribution in [3.05, 3.63) is 87.8 Å². The number of hydrogen-bond acceptors (Lipinski definition) is 4. The highest BCUT2D eigenvalue weighted by atomic mass is 32.1. The summed E-state index contributed by atoms with van der Waals surface area (Å²) in [5, 5.41) is 18.1. The predicted octanol–water partition coefficient (Wildman–Crippen LogP) is 4.00. The average Bonchev–Trinajstić information content (AvgIpc) is 3.19. The van der Waals surface area contributed by atoms with E-state index < -0.39 is 11.9 Å². The molecule has 2 heterocycles. The molecule has 26 heavy (non-hydrogen) atoms. The van der Waals surface area contributed by atoms with Gasteiger partial charge in [0.25, 0.3) is 5.56 Å². The molecule has 0 amide bonds. The lowest BCUT2D eigenvalue weighted by Gasteiger charge is -2.15. The van der Waals surface area contributed by atoms with Crippen molar-refractivity contribution in [2.75, 3.05) is 0 Å². The van der Waals surface area contributed by atoms with Crippen LogP contribution in [0.2, 0.25) is 0 Å². The highest BCUT2D eigenvalue weighted by molar-refractivity contribution is 7.13. The molecule has 0 bridgehead atoms. The smallest absolute Gasteiger partial charge is 0.274 e. The molecule has 6 heteroatoms. The van der Waals surface area contributed by atoms with Crippen molar-refractivity contribution in [1.29, 1.82) is 0 Å². The summed E-state index contributed by atoms with van der Waals surface area (Å²) in [7, 11) is 0. The van der Waals surface area contributed by atoms with Gasteiger partial charge in [0.2, 0.25) is 0 Å². The van der Waals surface area contributed by atoms with Crippen LogP contribution in [-0.4, -0.2) is 14.9 Å². The van der Waals surface area contributed by atoms with Crippen LogP contribution in [0, 0.1) is 5.82 Å². The van der Waals surface area contributed by atoms with Gasteiger partial charge in [-0.1, -0.05) is 42.5 Å².